The average molecular weight is 183 g/mol. The van der Waals surface area contributed by atoms with Gasteiger partial charge in [-0.1, -0.05) is 0 Å². The Morgan fingerprint density at radius 1 is 1.62 bits per heavy atom. The van der Waals surface area contributed by atoms with Crippen molar-refractivity contribution in [1.82, 2.24) is 10.6 Å². The molecule has 0 aliphatic heterocycles. The van der Waals surface area contributed by atoms with Crippen molar-refractivity contribution >= 4 is 11.8 Å². The van der Waals surface area contributed by atoms with E-state index in [1.165, 1.54) is 7.05 Å². The normalized spacial score (nSPS) is 11.2. The third-order valence-corrected chi connectivity index (χ3v) is 1.38. The van der Waals surface area contributed by atoms with Gasteiger partial charge in [0.2, 0.25) is 11.8 Å². The van der Waals surface area contributed by atoms with Crippen molar-refractivity contribution in [3.05, 3.63) is 0 Å². The lowest BCUT2D eigenvalue weighted by Gasteiger charge is -2.08. The van der Waals surface area contributed by atoms with Crippen LogP contribution in [0.3, 0.4) is 0 Å². The predicted octanol–water partition coefficient (Wildman–Crippen LogP) is -1.80. The fraction of sp³-hybridized carbons (Fsp3) is 0.500. The lowest BCUT2D eigenvalue weighted by Crippen LogP contribution is -2.44. The summed E-state index contributed by atoms with van der Waals surface area (Å²) in [7, 11) is 1.48. The fourth-order valence-electron chi connectivity index (χ4n) is 0.607. The first-order valence-corrected chi connectivity index (χ1v) is 3.79. The van der Waals surface area contributed by atoms with Crippen molar-refractivity contribution in [2.45, 2.75) is 12.5 Å². The molecule has 0 heterocycles. The van der Waals surface area contributed by atoms with Crippen LogP contribution in [0.5, 0.6) is 0 Å². The molecule has 5 heteroatoms. The van der Waals surface area contributed by atoms with Crippen molar-refractivity contribution in [3.8, 4) is 12.3 Å². The Balaban J connectivity index is 3.75. The molecule has 0 aliphatic carbocycles. The van der Waals surface area contributed by atoms with Crippen LogP contribution in [0.2, 0.25) is 0 Å². The Kier molecular flexibility index (Phi) is 5.32. The van der Waals surface area contributed by atoms with E-state index in [-0.39, 0.29) is 18.9 Å². The first-order chi connectivity index (χ1) is 6.11. The topological polar surface area (TPSA) is 84.2 Å². The van der Waals surface area contributed by atoms with E-state index in [4.69, 9.17) is 12.2 Å². The summed E-state index contributed by atoms with van der Waals surface area (Å²) in [6, 6.07) is -0.741. The highest BCUT2D eigenvalue weighted by molar-refractivity contribution is 5.87. The van der Waals surface area contributed by atoms with E-state index in [2.05, 4.69) is 16.6 Å². The molecule has 5 nitrogen and oxygen atoms in total. The van der Waals surface area contributed by atoms with Gasteiger partial charge in [0, 0.05) is 13.5 Å². The van der Waals surface area contributed by atoms with E-state index in [0.29, 0.717) is 0 Å². The average Bonchev–Trinajstić information content (AvgIpc) is 2.13. The summed E-state index contributed by atoms with van der Waals surface area (Å²) in [4.78, 5) is 21.7. The molecule has 0 spiro atoms. The van der Waals surface area contributed by atoms with Gasteiger partial charge < -0.3 is 16.4 Å². The molecular weight excluding hydrogens is 170 g/mol. The molecule has 2 amide bonds. The van der Waals surface area contributed by atoms with Crippen LogP contribution in [-0.2, 0) is 9.59 Å². The van der Waals surface area contributed by atoms with Gasteiger partial charge in [0.15, 0.2) is 0 Å². The standard InChI is InChI=1S/C8H13N3O2/c1-3-4-6(9)8(13)11-5-7(12)10-2/h1,6H,4-5,9H2,2H3,(H,10,12)(H,11,13). The van der Waals surface area contributed by atoms with Crippen LogP contribution in [0.25, 0.3) is 0 Å². The van der Waals surface area contributed by atoms with E-state index >= 15 is 0 Å². The third kappa shape index (κ3) is 4.82. The molecule has 0 aromatic heterocycles. The minimum absolute atomic E-state index is 0.0758. The number of terminal acetylenes is 1. The van der Waals surface area contributed by atoms with E-state index in [1.807, 2.05) is 0 Å². The maximum atomic E-state index is 11.0. The van der Waals surface area contributed by atoms with E-state index in [9.17, 15) is 9.59 Å². The molecule has 0 radical (unpaired) electrons. The molecule has 1 unspecified atom stereocenters. The Labute approximate surface area is 77.1 Å². The maximum absolute atomic E-state index is 11.0. The Hall–Kier alpha value is -1.54. The van der Waals surface area contributed by atoms with Gasteiger partial charge in [0.05, 0.1) is 12.6 Å². The van der Waals surface area contributed by atoms with Gasteiger partial charge >= 0.3 is 0 Å². The molecular formula is C8H13N3O2. The molecule has 13 heavy (non-hydrogen) atoms. The van der Waals surface area contributed by atoms with Gasteiger partial charge in [0.25, 0.3) is 0 Å². The van der Waals surface area contributed by atoms with Gasteiger partial charge in [-0.3, -0.25) is 9.59 Å². The molecule has 0 aromatic rings. The lowest BCUT2D eigenvalue weighted by atomic mass is 10.2. The van der Waals surface area contributed by atoms with Crippen LogP contribution >= 0.6 is 0 Å². The second-order valence-corrected chi connectivity index (χ2v) is 2.41. The number of carbonyl (C=O) groups excluding carboxylic acids is 2. The number of amides is 2. The zero-order chi connectivity index (χ0) is 10.3. The summed E-state index contributed by atoms with van der Waals surface area (Å²) in [5.41, 5.74) is 5.37. The molecule has 0 fully saturated rings. The monoisotopic (exact) mass is 183 g/mol. The molecule has 0 aromatic carbocycles. The molecule has 4 N–H and O–H groups in total. The smallest absolute Gasteiger partial charge is 0.239 e. The van der Waals surface area contributed by atoms with Crippen molar-refractivity contribution in [1.29, 1.82) is 0 Å². The van der Waals surface area contributed by atoms with Crippen LogP contribution in [0.15, 0.2) is 0 Å². The van der Waals surface area contributed by atoms with Gasteiger partial charge in [-0.2, -0.15) is 0 Å². The largest absolute Gasteiger partial charge is 0.358 e. The summed E-state index contributed by atoms with van der Waals surface area (Å²) in [5.74, 6) is 1.57. The van der Waals surface area contributed by atoms with Crippen molar-refractivity contribution < 1.29 is 9.59 Å². The van der Waals surface area contributed by atoms with E-state index in [0.717, 1.165) is 0 Å². The predicted molar refractivity (Wildman–Crippen MR) is 48.5 cm³/mol. The fourth-order valence-corrected chi connectivity index (χ4v) is 0.607. The number of carbonyl (C=O) groups is 2. The number of nitrogens with one attached hydrogen (secondary N) is 2. The maximum Gasteiger partial charge on any atom is 0.239 e. The van der Waals surface area contributed by atoms with Gasteiger partial charge in [-0.15, -0.1) is 12.3 Å². The zero-order valence-corrected chi connectivity index (χ0v) is 7.46. The Morgan fingerprint density at radius 3 is 2.69 bits per heavy atom. The highest BCUT2D eigenvalue weighted by atomic mass is 16.2. The zero-order valence-electron chi connectivity index (χ0n) is 7.46. The number of rotatable bonds is 4. The third-order valence-electron chi connectivity index (χ3n) is 1.38. The van der Waals surface area contributed by atoms with Crippen LogP contribution in [-0.4, -0.2) is 31.4 Å². The Bertz CT molecular complexity index is 232. The lowest BCUT2D eigenvalue weighted by molar-refractivity contribution is -0.126. The number of likely N-dealkylation sites (N-methyl/N-ethyl adjacent to an activating group) is 1. The highest BCUT2D eigenvalue weighted by Gasteiger charge is 2.11. The molecule has 1 atom stereocenters. The van der Waals surface area contributed by atoms with Crippen molar-refractivity contribution in [2.75, 3.05) is 13.6 Å². The molecule has 0 rings (SSSR count). The second-order valence-electron chi connectivity index (χ2n) is 2.41. The first kappa shape index (κ1) is 11.5. The molecule has 0 saturated carbocycles. The van der Waals surface area contributed by atoms with Crippen LogP contribution < -0.4 is 16.4 Å². The van der Waals surface area contributed by atoms with Crippen LogP contribution in [0, 0.1) is 12.3 Å². The summed E-state index contributed by atoms with van der Waals surface area (Å²) < 4.78 is 0. The van der Waals surface area contributed by atoms with E-state index in [1.54, 1.807) is 0 Å². The molecule has 0 bridgehead atoms. The molecule has 0 aliphatic rings. The summed E-state index contributed by atoms with van der Waals surface area (Å²) >= 11 is 0. The Morgan fingerprint density at radius 2 is 2.23 bits per heavy atom. The SMILES string of the molecule is C#CCC(N)C(=O)NCC(=O)NC. The summed E-state index contributed by atoms with van der Waals surface area (Å²) in [6.07, 6.45) is 5.13. The van der Waals surface area contributed by atoms with Crippen LogP contribution in [0.4, 0.5) is 0 Å². The summed E-state index contributed by atoms with van der Waals surface area (Å²) in [5, 5.41) is 4.70. The van der Waals surface area contributed by atoms with Crippen molar-refractivity contribution in [3.63, 3.8) is 0 Å². The quantitative estimate of drug-likeness (QED) is 0.449. The number of hydrogen-bond acceptors (Lipinski definition) is 3. The van der Waals surface area contributed by atoms with Gasteiger partial charge in [-0.25, -0.2) is 0 Å². The summed E-state index contributed by atoms with van der Waals surface area (Å²) in [6.45, 7) is -0.0758. The number of nitrogens with two attached hydrogens (primary N) is 1. The minimum Gasteiger partial charge on any atom is -0.358 e. The highest BCUT2D eigenvalue weighted by Crippen LogP contribution is 1.84. The van der Waals surface area contributed by atoms with E-state index < -0.39 is 11.9 Å². The minimum atomic E-state index is -0.741. The van der Waals surface area contributed by atoms with Gasteiger partial charge in [0.1, 0.15) is 0 Å². The first-order valence-electron chi connectivity index (χ1n) is 3.79. The second kappa shape index (κ2) is 6.03. The van der Waals surface area contributed by atoms with Crippen molar-refractivity contribution in [2.24, 2.45) is 5.73 Å². The van der Waals surface area contributed by atoms with Crippen LogP contribution in [0.1, 0.15) is 6.42 Å². The molecule has 72 valence electrons. The molecule has 0 saturated heterocycles. The van der Waals surface area contributed by atoms with Gasteiger partial charge in [-0.05, 0) is 0 Å². The number of hydrogen-bond donors (Lipinski definition) is 3.